The van der Waals surface area contributed by atoms with Crippen LogP contribution in [0.25, 0.3) is 17.2 Å². The predicted molar refractivity (Wildman–Crippen MR) is 114 cm³/mol. The maximum atomic E-state index is 10.9. The first-order valence-electron chi connectivity index (χ1n) is 8.63. The van der Waals surface area contributed by atoms with E-state index in [0.717, 1.165) is 0 Å². The van der Waals surface area contributed by atoms with Gasteiger partial charge in [0, 0.05) is 0 Å². The van der Waals surface area contributed by atoms with Gasteiger partial charge in [0.05, 0.1) is 0 Å². The molecule has 177 valence electrons. The Morgan fingerprint density at radius 2 is 0.733 bits per heavy atom. The van der Waals surface area contributed by atoms with Crippen LogP contribution in [0.3, 0.4) is 0 Å². The molecule has 0 fully saturated rings. The fourth-order valence-corrected chi connectivity index (χ4v) is 1.29. The molecule has 0 atom stereocenters. The summed E-state index contributed by atoms with van der Waals surface area (Å²) in [6.45, 7) is 16.7. The zero-order valence-electron chi connectivity index (χ0n) is 19.2. The third-order valence-corrected chi connectivity index (χ3v) is 2.26. The molecular weight excluding hydrogens is 635 g/mol. The van der Waals surface area contributed by atoms with Gasteiger partial charge in [0.25, 0.3) is 0 Å². The summed E-state index contributed by atoms with van der Waals surface area (Å²) in [5, 5.41) is -9.97. The van der Waals surface area contributed by atoms with Crippen LogP contribution in [0.5, 0.6) is 0 Å². The quantitative estimate of drug-likeness (QED) is 0.151. The molecule has 0 aliphatic carbocycles. The molecule has 0 spiro atoms. The number of halogens is 6. The Balaban J connectivity index is -0.0000000884. The number of hydrogen-bond acceptors (Lipinski definition) is 0. The number of nitrogens with one attached hydrogen (secondary N) is 3. The minimum atomic E-state index is -4.98. The summed E-state index contributed by atoms with van der Waals surface area (Å²) in [4.78, 5) is 0. The minimum Gasteiger partial charge on any atom is -0.214 e. The van der Waals surface area contributed by atoms with Crippen LogP contribution in [-0.4, -0.2) is 42.1 Å². The van der Waals surface area contributed by atoms with E-state index in [1.807, 2.05) is 92.6 Å². The first-order valence-corrected chi connectivity index (χ1v) is 11.1. The van der Waals surface area contributed by atoms with Gasteiger partial charge in [-0.2, -0.15) is 18.2 Å². The Kier molecular flexibility index (Phi) is 24.0. The topological polar surface area (TPSA) is 71.4 Å². The third-order valence-electron chi connectivity index (χ3n) is 0.883. The molecule has 0 unspecified atom stereocenters. The van der Waals surface area contributed by atoms with Gasteiger partial charge in [0.1, 0.15) is 0 Å². The van der Waals surface area contributed by atoms with Gasteiger partial charge < -0.3 is 17.2 Å². The van der Waals surface area contributed by atoms with Gasteiger partial charge in [0.15, 0.2) is 0 Å². The summed E-state index contributed by atoms with van der Waals surface area (Å²) < 4.78 is 65.4. The molecular formula is C19H36F6GeHfN3. The first kappa shape index (κ1) is 40.6. The predicted octanol–water partition coefficient (Wildman–Crippen LogP) is 8.38. The molecule has 0 saturated heterocycles. The molecule has 0 bridgehead atoms. The zero-order valence-corrected chi connectivity index (χ0v) is 25.2. The van der Waals surface area contributed by atoms with Crippen molar-refractivity contribution in [2.75, 3.05) is 0 Å². The Hall–Kier alpha value is 0.223. The summed E-state index contributed by atoms with van der Waals surface area (Å²) in [7, 11) is 0. The van der Waals surface area contributed by atoms with Crippen molar-refractivity contribution in [2.24, 2.45) is 0 Å². The average molecular weight is 672 g/mol. The van der Waals surface area contributed by atoms with E-state index in [1.54, 1.807) is 0 Å². The summed E-state index contributed by atoms with van der Waals surface area (Å²) in [5.74, 6) is 0. The van der Waals surface area contributed by atoms with Crippen LogP contribution >= 0.6 is 0 Å². The molecule has 11 heteroatoms. The van der Waals surface area contributed by atoms with Crippen molar-refractivity contribution < 1.29 is 52.2 Å². The smallest absolute Gasteiger partial charge is 0.214 e. The summed E-state index contributed by atoms with van der Waals surface area (Å²) in [6, 6.07) is 10.0. The van der Waals surface area contributed by atoms with E-state index >= 15 is 0 Å². The fourth-order valence-electron chi connectivity index (χ4n) is 0.506. The zero-order chi connectivity index (χ0) is 24.7. The second-order valence-corrected chi connectivity index (χ2v) is 12.3. The summed E-state index contributed by atoms with van der Waals surface area (Å²) >= 11 is -4.06. The van der Waals surface area contributed by atoms with E-state index < -0.39 is 25.4 Å². The van der Waals surface area contributed by atoms with Gasteiger partial charge in [-0.15, -0.1) is 16.6 Å². The van der Waals surface area contributed by atoms with Gasteiger partial charge in [0.2, 0.25) is 0 Å². The van der Waals surface area contributed by atoms with E-state index in [9.17, 15) is 26.3 Å². The third kappa shape index (κ3) is 166. The van der Waals surface area contributed by atoms with E-state index in [2.05, 4.69) is 0 Å². The molecule has 0 aromatic heterocycles. The number of hydrogen-bond donors (Lipinski definition) is 0. The fraction of sp³-hybridized carbons (Fsp3) is 0.737. The monoisotopic (exact) mass is 674 g/mol. The minimum absolute atomic E-state index is 0. The Bertz CT molecular complexity index is 381. The number of alkyl halides is 6. The van der Waals surface area contributed by atoms with Gasteiger partial charge in [-0.05, 0) is 0 Å². The van der Waals surface area contributed by atoms with E-state index in [0.29, 0.717) is 0 Å². The second kappa shape index (κ2) is 17.7. The van der Waals surface area contributed by atoms with Crippen LogP contribution in [0.4, 0.5) is 26.3 Å². The van der Waals surface area contributed by atoms with E-state index in [4.69, 9.17) is 17.2 Å². The molecule has 0 saturated carbocycles. The van der Waals surface area contributed by atoms with Crippen molar-refractivity contribution in [2.45, 2.75) is 88.9 Å². The normalized spacial score (nSPS) is 11.5. The molecule has 0 amide bonds. The standard InChI is InChI=1S/C5H5.3C4H10N.C2HF6Ge.Hf/c1-2-4-5-3-1;3*1-4(2,3)5;3-1(4,5)9-2(6,7)8;/h1-5H;3*5H,1-3H3;9H;/q4*-1;;+4. The van der Waals surface area contributed by atoms with Crippen molar-refractivity contribution in [3.05, 3.63) is 47.5 Å². The Morgan fingerprint density at radius 1 is 0.567 bits per heavy atom. The van der Waals surface area contributed by atoms with Crippen LogP contribution < -0.4 is 0 Å². The van der Waals surface area contributed by atoms with Gasteiger partial charge >= 0.3 is 77.6 Å². The molecule has 3 nitrogen and oxygen atoms in total. The van der Waals surface area contributed by atoms with Crippen molar-refractivity contribution in [1.29, 1.82) is 0 Å². The summed E-state index contributed by atoms with van der Waals surface area (Å²) in [6.07, 6.45) is 0. The van der Waals surface area contributed by atoms with Crippen molar-refractivity contribution >= 4 is 15.4 Å². The van der Waals surface area contributed by atoms with E-state index in [-0.39, 0.29) is 42.5 Å². The van der Waals surface area contributed by atoms with Crippen LogP contribution in [-0.2, 0) is 25.8 Å². The Labute approximate surface area is 203 Å². The molecule has 1 aromatic rings. The molecule has 1 rings (SSSR count). The molecule has 1 aromatic carbocycles. The largest absolute Gasteiger partial charge is 4.00 e. The average Bonchev–Trinajstić information content (AvgIpc) is 2.71. The van der Waals surface area contributed by atoms with Gasteiger partial charge in [-0.25, -0.2) is 12.1 Å². The van der Waals surface area contributed by atoms with Crippen LogP contribution in [0.1, 0.15) is 62.3 Å². The maximum Gasteiger partial charge on any atom is 4.00 e. The van der Waals surface area contributed by atoms with E-state index in [1.165, 1.54) is 0 Å². The molecule has 30 heavy (non-hydrogen) atoms. The molecule has 1 radical (unpaired) electrons. The summed E-state index contributed by atoms with van der Waals surface area (Å²) in [5.41, 5.74) is 20.1. The Morgan fingerprint density at radius 3 is 0.767 bits per heavy atom. The van der Waals surface area contributed by atoms with Crippen molar-refractivity contribution in [1.82, 2.24) is 0 Å². The number of rotatable bonds is 0. The maximum absolute atomic E-state index is 10.9. The second-order valence-electron chi connectivity index (χ2n) is 8.94. The molecule has 0 aliphatic heterocycles. The van der Waals surface area contributed by atoms with Crippen LogP contribution in [0, 0.1) is 0 Å². The molecule has 0 aliphatic rings. The van der Waals surface area contributed by atoms with Gasteiger partial charge in [-0.1, -0.05) is 62.3 Å². The molecule has 3 N–H and O–H groups in total. The van der Waals surface area contributed by atoms with Gasteiger partial charge in [-0.3, -0.25) is 0 Å². The van der Waals surface area contributed by atoms with Crippen LogP contribution in [0.15, 0.2) is 30.3 Å². The van der Waals surface area contributed by atoms with Crippen molar-refractivity contribution in [3.8, 4) is 0 Å². The molecule has 0 heterocycles. The first-order chi connectivity index (χ1) is 12.2. The van der Waals surface area contributed by atoms with Crippen LogP contribution in [0.2, 0.25) is 0 Å². The van der Waals surface area contributed by atoms with Crippen molar-refractivity contribution in [3.63, 3.8) is 0 Å². The SMILES string of the molecule is CC(C)(C)[NH-].CC(C)(C)[NH-].CC(C)(C)[NH-].F[C](F)(F)[GeH][C](F)(F)F.[Hf+4].c1cc[cH-]c1.